The highest BCUT2D eigenvalue weighted by molar-refractivity contribution is 7.15. The molecule has 0 unspecified atom stereocenters. The van der Waals surface area contributed by atoms with Crippen LogP contribution >= 0.6 is 11.3 Å². The Kier molecular flexibility index (Phi) is 6.48. The number of carbonyl (C=O) groups excluding carboxylic acids is 1. The van der Waals surface area contributed by atoms with E-state index in [1.807, 2.05) is 18.0 Å². The highest BCUT2D eigenvalue weighted by Crippen LogP contribution is 2.36. The van der Waals surface area contributed by atoms with Crippen molar-refractivity contribution in [2.45, 2.75) is 69.9 Å². The number of aliphatic carboxylic acids is 1. The van der Waals surface area contributed by atoms with Crippen LogP contribution in [0.2, 0.25) is 0 Å². The lowest BCUT2D eigenvalue weighted by Gasteiger charge is -2.42. The molecule has 2 aliphatic rings. The normalized spacial score (nSPS) is 23.5. The molecule has 0 atom stereocenters. The standard InChI is InChI=1S/C18H28N4O3S/c1-2-22(11-16(23)24)14-8-13(9-14)20-17(25)21-18-19-10-15(26-18)12-6-4-3-5-7-12/h10,12-14H,2-9,11H2,1H3,(H,23,24)(H2,19,20,21,25). The summed E-state index contributed by atoms with van der Waals surface area (Å²) in [6, 6.07) is 0.110. The number of amides is 2. The number of hydrogen-bond acceptors (Lipinski definition) is 5. The average molecular weight is 381 g/mol. The Hall–Kier alpha value is -1.67. The molecule has 1 aromatic heterocycles. The molecule has 1 aromatic rings. The fraction of sp³-hybridized carbons (Fsp3) is 0.722. The number of rotatable bonds is 7. The molecule has 0 aromatic carbocycles. The number of nitrogens with one attached hydrogen (secondary N) is 2. The summed E-state index contributed by atoms with van der Waals surface area (Å²) in [6.45, 7) is 2.73. The summed E-state index contributed by atoms with van der Waals surface area (Å²) in [6.07, 6.45) is 9.83. The fourth-order valence-electron chi connectivity index (χ4n) is 3.92. The lowest BCUT2D eigenvalue weighted by atomic mass is 9.85. The summed E-state index contributed by atoms with van der Waals surface area (Å²) in [5.41, 5.74) is 0. The molecule has 0 bridgehead atoms. The van der Waals surface area contributed by atoms with E-state index in [1.54, 1.807) is 11.3 Å². The van der Waals surface area contributed by atoms with E-state index >= 15 is 0 Å². The summed E-state index contributed by atoms with van der Waals surface area (Å²) in [5, 5.41) is 15.4. The Morgan fingerprint density at radius 2 is 2.04 bits per heavy atom. The zero-order valence-electron chi connectivity index (χ0n) is 15.2. The lowest BCUT2D eigenvalue weighted by Crippen LogP contribution is -2.55. The van der Waals surface area contributed by atoms with Crippen LogP contribution in [0.4, 0.5) is 9.93 Å². The van der Waals surface area contributed by atoms with Crippen molar-refractivity contribution in [2.75, 3.05) is 18.4 Å². The summed E-state index contributed by atoms with van der Waals surface area (Å²) < 4.78 is 0. The van der Waals surface area contributed by atoms with Crippen molar-refractivity contribution in [1.29, 1.82) is 0 Å². The van der Waals surface area contributed by atoms with Gasteiger partial charge in [0.1, 0.15) is 0 Å². The van der Waals surface area contributed by atoms with Gasteiger partial charge >= 0.3 is 12.0 Å². The highest BCUT2D eigenvalue weighted by Gasteiger charge is 2.34. The third-order valence-electron chi connectivity index (χ3n) is 5.46. The molecule has 3 N–H and O–H groups in total. The zero-order chi connectivity index (χ0) is 18.5. The van der Waals surface area contributed by atoms with Gasteiger partial charge in [-0.05, 0) is 38.1 Å². The second-order valence-electron chi connectivity index (χ2n) is 7.28. The molecule has 2 saturated carbocycles. The van der Waals surface area contributed by atoms with Gasteiger partial charge in [-0.2, -0.15) is 0 Å². The SMILES string of the molecule is CCN(CC(=O)O)C1CC(NC(=O)Nc2ncc(C3CCCCC3)s2)C1. The van der Waals surface area contributed by atoms with Gasteiger partial charge in [-0.1, -0.05) is 26.2 Å². The van der Waals surface area contributed by atoms with Gasteiger partial charge in [-0.15, -0.1) is 11.3 Å². The number of anilines is 1. The average Bonchev–Trinajstić information content (AvgIpc) is 3.05. The number of thiazole rings is 1. The minimum Gasteiger partial charge on any atom is -0.480 e. The van der Waals surface area contributed by atoms with Crippen molar-refractivity contribution < 1.29 is 14.7 Å². The Labute approximate surface area is 158 Å². The number of likely N-dealkylation sites (N-methyl/N-ethyl adjacent to an activating group) is 1. The van der Waals surface area contributed by atoms with Crippen LogP contribution in [0.1, 0.15) is 62.7 Å². The minimum absolute atomic E-state index is 0.0587. The van der Waals surface area contributed by atoms with Crippen molar-refractivity contribution in [3.63, 3.8) is 0 Å². The van der Waals surface area contributed by atoms with Crippen LogP contribution in [0.15, 0.2) is 6.20 Å². The maximum atomic E-state index is 12.2. The first kappa shape index (κ1) is 19.1. The lowest BCUT2D eigenvalue weighted by molar-refractivity contribution is -0.139. The Balaban J connectivity index is 1.41. The van der Waals surface area contributed by atoms with E-state index in [1.165, 1.54) is 37.0 Å². The number of carboxylic acid groups (broad SMARTS) is 1. The van der Waals surface area contributed by atoms with Gasteiger partial charge in [0.15, 0.2) is 5.13 Å². The molecule has 0 aliphatic heterocycles. The first-order valence-electron chi connectivity index (χ1n) is 9.54. The van der Waals surface area contributed by atoms with E-state index < -0.39 is 5.97 Å². The highest BCUT2D eigenvalue weighted by atomic mass is 32.1. The van der Waals surface area contributed by atoms with Gasteiger partial charge in [0.25, 0.3) is 0 Å². The van der Waals surface area contributed by atoms with Gasteiger partial charge in [-0.3, -0.25) is 15.0 Å². The summed E-state index contributed by atoms with van der Waals surface area (Å²) >= 11 is 1.58. The number of nitrogens with zero attached hydrogens (tertiary/aromatic N) is 2. The Bertz CT molecular complexity index is 624. The van der Waals surface area contributed by atoms with Crippen LogP contribution in [-0.2, 0) is 4.79 Å². The second-order valence-corrected chi connectivity index (χ2v) is 8.34. The van der Waals surface area contributed by atoms with Gasteiger partial charge in [0, 0.05) is 23.2 Å². The monoisotopic (exact) mass is 380 g/mol. The van der Waals surface area contributed by atoms with E-state index in [0.717, 1.165) is 12.8 Å². The summed E-state index contributed by atoms with van der Waals surface area (Å²) in [5.74, 6) is -0.208. The maximum absolute atomic E-state index is 12.2. The number of carbonyl (C=O) groups is 2. The van der Waals surface area contributed by atoms with Gasteiger partial charge in [-0.25, -0.2) is 9.78 Å². The molecule has 2 fully saturated rings. The van der Waals surface area contributed by atoms with Crippen molar-refractivity contribution in [2.24, 2.45) is 0 Å². The molecule has 0 spiro atoms. The first-order chi connectivity index (χ1) is 12.5. The predicted molar refractivity (Wildman–Crippen MR) is 102 cm³/mol. The van der Waals surface area contributed by atoms with Gasteiger partial charge in [0.2, 0.25) is 0 Å². The van der Waals surface area contributed by atoms with Gasteiger partial charge in [0.05, 0.1) is 6.54 Å². The van der Waals surface area contributed by atoms with Crippen LogP contribution in [0.5, 0.6) is 0 Å². The van der Waals surface area contributed by atoms with E-state index in [4.69, 9.17) is 5.11 Å². The topological polar surface area (TPSA) is 94.6 Å². The van der Waals surface area contributed by atoms with E-state index in [2.05, 4.69) is 15.6 Å². The zero-order valence-corrected chi connectivity index (χ0v) is 16.1. The van der Waals surface area contributed by atoms with Crippen LogP contribution < -0.4 is 10.6 Å². The molecule has 8 heteroatoms. The van der Waals surface area contributed by atoms with Crippen molar-refractivity contribution >= 4 is 28.5 Å². The molecule has 26 heavy (non-hydrogen) atoms. The van der Waals surface area contributed by atoms with Crippen molar-refractivity contribution in [3.8, 4) is 0 Å². The first-order valence-corrected chi connectivity index (χ1v) is 10.4. The van der Waals surface area contributed by atoms with Crippen LogP contribution in [0.3, 0.4) is 0 Å². The number of aromatic nitrogens is 1. The van der Waals surface area contributed by atoms with Crippen LogP contribution in [0.25, 0.3) is 0 Å². The maximum Gasteiger partial charge on any atom is 0.321 e. The predicted octanol–water partition coefficient (Wildman–Crippen LogP) is 3.25. The quantitative estimate of drug-likeness (QED) is 0.675. The second kappa shape index (κ2) is 8.81. The molecule has 144 valence electrons. The smallest absolute Gasteiger partial charge is 0.321 e. The third kappa shape index (κ3) is 4.94. The van der Waals surface area contributed by atoms with Crippen molar-refractivity contribution in [1.82, 2.24) is 15.2 Å². The van der Waals surface area contributed by atoms with E-state index in [-0.39, 0.29) is 24.7 Å². The Morgan fingerprint density at radius 1 is 1.31 bits per heavy atom. The molecule has 0 saturated heterocycles. The molecule has 3 rings (SSSR count). The third-order valence-corrected chi connectivity index (χ3v) is 6.54. The number of carboxylic acids is 1. The van der Waals surface area contributed by atoms with Gasteiger partial charge < -0.3 is 10.4 Å². The Morgan fingerprint density at radius 3 is 2.69 bits per heavy atom. The van der Waals surface area contributed by atoms with E-state index in [9.17, 15) is 9.59 Å². The molecule has 2 amide bonds. The van der Waals surface area contributed by atoms with Crippen molar-refractivity contribution in [3.05, 3.63) is 11.1 Å². The molecule has 2 aliphatic carbocycles. The molecular weight excluding hydrogens is 352 g/mol. The number of urea groups is 1. The minimum atomic E-state index is -0.807. The van der Waals surface area contributed by atoms with Crippen LogP contribution in [-0.4, -0.2) is 52.2 Å². The fourth-order valence-corrected chi connectivity index (χ4v) is 4.90. The summed E-state index contributed by atoms with van der Waals surface area (Å²) in [7, 11) is 0. The summed E-state index contributed by atoms with van der Waals surface area (Å²) in [4.78, 5) is 30.6. The molecule has 0 radical (unpaired) electrons. The molecule has 7 nitrogen and oxygen atoms in total. The van der Waals surface area contributed by atoms with Crippen LogP contribution in [0, 0.1) is 0 Å². The molecule has 1 heterocycles. The largest absolute Gasteiger partial charge is 0.480 e. The van der Waals surface area contributed by atoms with E-state index in [0.29, 0.717) is 17.6 Å². The molecular formula is C18H28N4O3S. The number of hydrogen-bond donors (Lipinski definition) is 3.